The number of methoxy groups -OCH3 is 2. The topological polar surface area (TPSA) is 66.0 Å². The second kappa shape index (κ2) is 6.69. The summed E-state index contributed by atoms with van der Waals surface area (Å²) in [5.41, 5.74) is 4.47. The predicted octanol–water partition coefficient (Wildman–Crippen LogP) is 4.63. The number of anilines is 1. The van der Waals surface area contributed by atoms with Gasteiger partial charge in [0.2, 0.25) is 6.79 Å². The molecular weight excluding hydrogens is 382 g/mol. The summed E-state index contributed by atoms with van der Waals surface area (Å²) in [6, 6.07) is 9.66. The summed E-state index contributed by atoms with van der Waals surface area (Å²) in [6.07, 6.45) is 1.31. The Morgan fingerprint density at radius 1 is 1.00 bits per heavy atom. The average molecular weight is 407 g/mol. The molecule has 2 aliphatic heterocycles. The first kappa shape index (κ1) is 18.9. The normalized spacial score (nSPS) is 20.9. The smallest absolute Gasteiger partial charge is 0.231 e. The van der Waals surface area contributed by atoms with Crippen LogP contribution < -0.4 is 24.3 Å². The van der Waals surface area contributed by atoms with Crippen LogP contribution in [0.25, 0.3) is 0 Å². The fraction of sp³-hybridized carbons (Fsp3) is 0.375. The average Bonchev–Trinajstić information content (AvgIpc) is 3.16. The second-order valence-electron chi connectivity index (χ2n) is 8.79. The summed E-state index contributed by atoms with van der Waals surface area (Å²) in [4.78, 5) is 13.4. The zero-order valence-corrected chi connectivity index (χ0v) is 17.6. The molecule has 0 fully saturated rings. The van der Waals surface area contributed by atoms with Crippen LogP contribution in [0.1, 0.15) is 43.7 Å². The summed E-state index contributed by atoms with van der Waals surface area (Å²) in [6.45, 7) is 4.46. The van der Waals surface area contributed by atoms with Gasteiger partial charge in [-0.3, -0.25) is 4.79 Å². The molecule has 5 rings (SSSR count). The summed E-state index contributed by atoms with van der Waals surface area (Å²) in [5.74, 6) is 2.72. The van der Waals surface area contributed by atoms with Crippen molar-refractivity contribution < 1.29 is 23.7 Å². The van der Waals surface area contributed by atoms with Crippen LogP contribution in [0.5, 0.6) is 23.0 Å². The predicted molar refractivity (Wildman–Crippen MR) is 113 cm³/mol. The van der Waals surface area contributed by atoms with Gasteiger partial charge in [-0.05, 0) is 41.7 Å². The van der Waals surface area contributed by atoms with Crippen molar-refractivity contribution in [1.82, 2.24) is 0 Å². The summed E-state index contributed by atoms with van der Waals surface area (Å²) < 4.78 is 22.4. The lowest BCUT2D eigenvalue weighted by atomic mass is 9.68. The van der Waals surface area contributed by atoms with E-state index in [1.54, 1.807) is 14.2 Å². The van der Waals surface area contributed by atoms with E-state index in [9.17, 15) is 4.79 Å². The Bertz CT molecular complexity index is 1090. The molecule has 0 amide bonds. The van der Waals surface area contributed by atoms with Crippen molar-refractivity contribution in [3.05, 3.63) is 52.7 Å². The molecular formula is C24H25NO5. The number of carbonyl (C=O) groups excluding carboxylic acids is 1. The lowest BCUT2D eigenvalue weighted by Gasteiger charge is -2.39. The van der Waals surface area contributed by atoms with Gasteiger partial charge >= 0.3 is 0 Å². The van der Waals surface area contributed by atoms with E-state index in [1.807, 2.05) is 30.3 Å². The number of rotatable bonds is 3. The molecule has 6 heteroatoms. The maximum absolute atomic E-state index is 13.4. The number of fused-ring (bicyclic) bond motifs is 2. The van der Waals surface area contributed by atoms with Crippen LogP contribution in [0.4, 0.5) is 5.69 Å². The molecule has 2 aromatic rings. The number of hydrogen-bond acceptors (Lipinski definition) is 6. The van der Waals surface area contributed by atoms with Gasteiger partial charge in [0.1, 0.15) is 11.5 Å². The van der Waals surface area contributed by atoms with Gasteiger partial charge in [-0.25, -0.2) is 0 Å². The van der Waals surface area contributed by atoms with Gasteiger partial charge in [-0.15, -0.1) is 0 Å². The Balaban J connectivity index is 1.77. The molecule has 0 radical (unpaired) electrons. The molecule has 0 aromatic heterocycles. The van der Waals surface area contributed by atoms with E-state index in [1.165, 1.54) is 0 Å². The highest BCUT2D eigenvalue weighted by Gasteiger charge is 2.42. The van der Waals surface area contributed by atoms with E-state index in [4.69, 9.17) is 18.9 Å². The summed E-state index contributed by atoms with van der Waals surface area (Å²) in [7, 11) is 3.28. The Morgan fingerprint density at radius 3 is 2.50 bits per heavy atom. The molecule has 2 aromatic carbocycles. The Labute approximate surface area is 175 Å². The van der Waals surface area contributed by atoms with Crippen LogP contribution >= 0.6 is 0 Å². The van der Waals surface area contributed by atoms with Crippen LogP contribution in [0.2, 0.25) is 0 Å². The SMILES string of the molecule is COc1ccc(OC)c([C@H]2C3=C(CC(C)(C)CC3=O)Nc3cc4c(cc32)OCO4)c1. The molecule has 0 bridgehead atoms. The van der Waals surface area contributed by atoms with E-state index < -0.39 is 0 Å². The van der Waals surface area contributed by atoms with Crippen LogP contribution in [-0.2, 0) is 4.79 Å². The minimum atomic E-state index is -0.278. The minimum absolute atomic E-state index is 0.0974. The molecule has 1 atom stereocenters. The molecule has 3 aliphatic rings. The van der Waals surface area contributed by atoms with Crippen molar-refractivity contribution in [3.63, 3.8) is 0 Å². The van der Waals surface area contributed by atoms with Gasteiger partial charge in [0, 0.05) is 40.9 Å². The fourth-order valence-corrected chi connectivity index (χ4v) is 4.79. The van der Waals surface area contributed by atoms with Crippen molar-refractivity contribution in [1.29, 1.82) is 0 Å². The van der Waals surface area contributed by atoms with Crippen molar-refractivity contribution in [3.8, 4) is 23.0 Å². The molecule has 0 saturated carbocycles. The third kappa shape index (κ3) is 2.90. The molecule has 0 saturated heterocycles. The second-order valence-corrected chi connectivity index (χ2v) is 8.79. The number of ether oxygens (including phenoxy) is 4. The van der Waals surface area contributed by atoms with E-state index in [-0.39, 0.29) is 23.9 Å². The Morgan fingerprint density at radius 2 is 1.77 bits per heavy atom. The Hall–Kier alpha value is -3.15. The number of ketones is 1. The number of nitrogens with one attached hydrogen (secondary N) is 1. The Kier molecular flexibility index (Phi) is 4.20. The van der Waals surface area contributed by atoms with Gasteiger partial charge < -0.3 is 24.3 Å². The molecule has 0 unspecified atom stereocenters. The van der Waals surface area contributed by atoms with Gasteiger partial charge in [0.15, 0.2) is 17.3 Å². The van der Waals surface area contributed by atoms with Crippen molar-refractivity contribution >= 4 is 11.5 Å². The van der Waals surface area contributed by atoms with Gasteiger partial charge in [-0.2, -0.15) is 0 Å². The van der Waals surface area contributed by atoms with Gasteiger partial charge in [0.05, 0.1) is 14.2 Å². The molecule has 6 nitrogen and oxygen atoms in total. The number of hydrogen-bond donors (Lipinski definition) is 1. The van der Waals surface area contributed by atoms with Crippen LogP contribution in [0.3, 0.4) is 0 Å². The third-order valence-corrected chi connectivity index (χ3v) is 6.10. The van der Waals surface area contributed by atoms with Gasteiger partial charge in [0.25, 0.3) is 0 Å². The maximum Gasteiger partial charge on any atom is 0.231 e. The summed E-state index contributed by atoms with van der Waals surface area (Å²) >= 11 is 0. The van der Waals surface area contributed by atoms with Crippen molar-refractivity contribution in [2.75, 3.05) is 26.3 Å². The highest BCUT2D eigenvalue weighted by molar-refractivity contribution is 6.02. The van der Waals surface area contributed by atoms with Crippen LogP contribution in [0, 0.1) is 5.41 Å². The molecule has 30 heavy (non-hydrogen) atoms. The first-order valence-corrected chi connectivity index (χ1v) is 10.1. The largest absolute Gasteiger partial charge is 0.497 e. The highest BCUT2D eigenvalue weighted by atomic mass is 16.7. The van der Waals surface area contributed by atoms with E-state index in [0.717, 1.165) is 46.0 Å². The monoisotopic (exact) mass is 407 g/mol. The van der Waals surface area contributed by atoms with Crippen LogP contribution in [0.15, 0.2) is 41.6 Å². The van der Waals surface area contributed by atoms with Crippen molar-refractivity contribution in [2.24, 2.45) is 5.41 Å². The fourth-order valence-electron chi connectivity index (χ4n) is 4.79. The van der Waals surface area contributed by atoms with Gasteiger partial charge in [-0.1, -0.05) is 13.8 Å². The van der Waals surface area contributed by atoms with E-state index in [0.29, 0.717) is 17.9 Å². The van der Waals surface area contributed by atoms with Crippen LogP contribution in [-0.4, -0.2) is 26.8 Å². The molecule has 0 spiro atoms. The first-order chi connectivity index (χ1) is 14.4. The molecule has 1 N–H and O–H groups in total. The number of Topliss-reactive ketones (excluding diaryl/α,β-unsaturated/α-hetero) is 1. The number of benzene rings is 2. The zero-order valence-electron chi connectivity index (χ0n) is 17.6. The lowest BCUT2D eigenvalue weighted by Crippen LogP contribution is -2.33. The van der Waals surface area contributed by atoms with E-state index >= 15 is 0 Å². The maximum atomic E-state index is 13.4. The zero-order chi connectivity index (χ0) is 21.0. The standard InChI is InChI=1S/C24H25NO5/c1-24(2)10-17-23(18(26)11-24)22(15-7-13(27-3)5-6-19(15)28-4)14-8-20-21(30-12-29-20)9-16(14)25-17/h5-9,22,25H,10-12H2,1-4H3/t22-/m0/s1. The third-order valence-electron chi connectivity index (χ3n) is 6.10. The first-order valence-electron chi connectivity index (χ1n) is 10.1. The van der Waals surface area contributed by atoms with E-state index in [2.05, 4.69) is 19.2 Å². The highest BCUT2D eigenvalue weighted by Crippen LogP contribution is 2.53. The quantitative estimate of drug-likeness (QED) is 0.800. The summed E-state index contributed by atoms with van der Waals surface area (Å²) in [5, 5.41) is 3.53. The number of carbonyl (C=O) groups is 1. The van der Waals surface area contributed by atoms with Crippen molar-refractivity contribution in [2.45, 2.75) is 32.6 Å². The molecule has 2 heterocycles. The molecule has 1 aliphatic carbocycles. The minimum Gasteiger partial charge on any atom is -0.497 e. The lowest BCUT2D eigenvalue weighted by molar-refractivity contribution is -0.118. The molecule has 156 valence electrons. The number of allylic oxidation sites excluding steroid dienone is 2.